The minimum atomic E-state index is -1.05. The van der Waals surface area contributed by atoms with Crippen molar-refractivity contribution in [1.82, 2.24) is 9.55 Å². The Morgan fingerprint density at radius 1 is 1.71 bits per heavy atom. The smallest absolute Gasteiger partial charge is 0.326 e. The van der Waals surface area contributed by atoms with Gasteiger partial charge in [-0.15, -0.1) is 0 Å². The molecule has 1 aromatic rings. The van der Waals surface area contributed by atoms with Crippen molar-refractivity contribution in [2.24, 2.45) is 0 Å². The minimum absolute atomic E-state index is 0.312. The number of carboxylic acid groups (broad SMARTS) is 1. The molecular weight excluding hydrogens is 299 g/mol. The molecule has 0 amide bonds. The summed E-state index contributed by atoms with van der Waals surface area (Å²) >= 11 is 1.86. The van der Waals surface area contributed by atoms with Gasteiger partial charge in [-0.05, 0) is 36.4 Å². The standard InChI is InChI=1S/C8H9IN2O3/c1-4-6(9)7(12)11(3-10-4)5(2)8(13)14/h3,5H,1-2H3,(H,13,14). The van der Waals surface area contributed by atoms with E-state index in [1.165, 1.54) is 13.3 Å². The van der Waals surface area contributed by atoms with Gasteiger partial charge in [-0.1, -0.05) is 0 Å². The van der Waals surface area contributed by atoms with E-state index in [0.29, 0.717) is 9.26 Å². The lowest BCUT2D eigenvalue weighted by Gasteiger charge is -2.10. The van der Waals surface area contributed by atoms with E-state index in [9.17, 15) is 9.59 Å². The molecule has 1 heterocycles. The molecule has 1 aromatic heterocycles. The summed E-state index contributed by atoms with van der Waals surface area (Å²) in [6.45, 7) is 3.15. The maximum absolute atomic E-state index is 11.6. The van der Waals surface area contributed by atoms with E-state index in [4.69, 9.17) is 5.11 Å². The highest BCUT2D eigenvalue weighted by molar-refractivity contribution is 14.1. The molecule has 14 heavy (non-hydrogen) atoms. The maximum atomic E-state index is 11.6. The van der Waals surface area contributed by atoms with E-state index >= 15 is 0 Å². The Morgan fingerprint density at radius 3 is 2.79 bits per heavy atom. The van der Waals surface area contributed by atoms with Crippen molar-refractivity contribution in [3.8, 4) is 0 Å². The number of carbonyl (C=O) groups is 1. The molecule has 0 aromatic carbocycles. The van der Waals surface area contributed by atoms with E-state index < -0.39 is 12.0 Å². The molecule has 1 atom stereocenters. The number of halogens is 1. The van der Waals surface area contributed by atoms with Gasteiger partial charge in [0.25, 0.3) is 5.56 Å². The molecule has 6 heteroatoms. The van der Waals surface area contributed by atoms with Crippen LogP contribution in [0.5, 0.6) is 0 Å². The number of aryl methyl sites for hydroxylation is 1. The van der Waals surface area contributed by atoms with Crippen molar-refractivity contribution in [2.45, 2.75) is 19.9 Å². The van der Waals surface area contributed by atoms with E-state index in [-0.39, 0.29) is 5.56 Å². The van der Waals surface area contributed by atoms with Crippen LogP contribution in [0, 0.1) is 10.5 Å². The van der Waals surface area contributed by atoms with Crippen molar-refractivity contribution >= 4 is 28.6 Å². The Labute approximate surface area is 93.9 Å². The van der Waals surface area contributed by atoms with Crippen LogP contribution in [0.1, 0.15) is 18.7 Å². The number of hydrogen-bond acceptors (Lipinski definition) is 3. The highest BCUT2D eigenvalue weighted by Gasteiger charge is 2.16. The Balaban J connectivity index is 3.32. The first-order valence-corrected chi connectivity index (χ1v) is 4.99. The maximum Gasteiger partial charge on any atom is 0.326 e. The van der Waals surface area contributed by atoms with E-state index in [1.54, 1.807) is 6.92 Å². The second-order valence-electron chi connectivity index (χ2n) is 2.87. The summed E-state index contributed by atoms with van der Waals surface area (Å²) in [5.41, 5.74) is 0.303. The van der Waals surface area contributed by atoms with Gasteiger partial charge in [0.05, 0.1) is 15.6 Å². The summed E-state index contributed by atoms with van der Waals surface area (Å²) in [5.74, 6) is -1.05. The first kappa shape index (κ1) is 11.2. The third kappa shape index (κ3) is 1.94. The summed E-state index contributed by atoms with van der Waals surface area (Å²) < 4.78 is 1.56. The SMILES string of the molecule is Cc1ncn(C(C)C(=O)O)c(=O)c1I. The average Bonchev–Trinajstić information content (AvgIpc) is 2.13. The molecule has 0 saturated carbocycles. The fourth-order valence-corrected chi connectivity index (χ4v) is 1.34. The van der Waals surface area contributed by atoms with Crippen LogP contribution < -0.4 is 5.56 Å². The van der Waals surface area contributed by atoms with Crippen LogP contribution >= 0.6 is 22.6 Å². The predicted octanol–water partition coefficient (Wildman–Crippen LogP) is 0.802. The summed E-state index contributed by atoms with van der Waals surface area (Å²) in [6.07, 6.45) is 1.26. The third-order valence-electron chi connectivity index (χ3n) is 1.89. The van der Waals surface area contributed by atoms with Gasteiger partial charge in [-0.3, -0.25) is 9.36 Å². The molecule has 76 valence electrons. The molecular formula is C8H9IN2O3. The van der Waals surface area contributed by atoms with Gasteiger partial charge in [0, 0.05) is 0 Å². The van der Waals surface area contributed by atoms with Crippen LogP contribution in [-0.2, 0) is 4.79 Å². The highest BCUT2D eigenvalue weighted by Crippen LogP contribution is 2.06. The molecule has 0 bridgehead atoms. The molecule has 1 N–H and O–H groups in total. The highest BCUT2D eigenvalue weighted by atomic mass is 127. The monoisotopic (exact) mass is 308 g/mol. The van der Waals surface area contributed by atoms with E-state index in [1.807, 2.05) is 22.6 Å². The number of hydrogen-bond donors (Lipinski definition) is 1. The van der Waals surface area contributed by atoms with Gasteiger partial charge in [0.15, 0.2) is 0 Å². The van der Waals surface area contributed by atoms with Crippen LogP contribution in [0.4, 0.5) is 0 Å². The number of nitrogens with zero attached hydrogens (tertiary/aromatic N) is 2. The van der Waals surface area contributed by atoms with Crippen molar-refractivity contribution in [1.29, 1.82) is 0 Å². The Bertz CT molecular complexity index is 427. The zero-order chi connectivity index (χ0) is 10.9. The molecule has 0 aliphatic carbocycles. The van der Waals surface area contributed by atoms with Gasteiger partial charge in [-0.2, -0.15) is 0 Å². The molecule has 1 unspecified atom stereocenters. The lowest BCUT2D eigenvalue weighted by Crippen LogP contribution is -2.30. The molecule has 0 aliphatic rings. The van der Waals surface area contributed by atoms with Crippen LogP contribution in [0.15, 0.2) is 11.1 Å². The summed E-state index contributed by atoms with van der Waals surface area (Å²) in [7, 11) is 0. The van der Waals surface area contributed by atoms with Crippen LogP contribution in [0.3, 0.4) is 0 Å². The van der Waals surface area contributed by atoms with Crippen molar-refractivity contribution in [3.63, 3.8) is 0 Å². The first-order chi connectivity index (χ1) is 6.45. The van der Waals surface area contributed by atoms with Gasteiger partial charge >= 0.3 is 5.97 Å². The number of aromatic nitrogens is 2. The largest absolute Gasteiger partial charge is 0.480 e. The number of aliphatic carboxylic acids is 1. The quantitative estimate of drug-likeness (QED) is 0.820. The molecule has 5 nitrogen and oxygen atoms in total. The lowest BCUT2D eigenvalue weighted by atomic mass is 10.3. The zero-order valence-corrected chi connectivity index (χ0v) is 9.85. The lowest BCUT2D eigenvalue weighted by molar-refractivity contribution is -0.140. The van der Waals surface area contributed by atoms with E-state index in [0.717, 1.165) is 4.57 Å². The van der Waals surface area contributed by atoms with Crippen molar-refractivity contribution in [2.75, 3.05) is 0 Å². The van der Waals surface area contributed by atoms with Crippen LogP contribution in [0.2, 0.25) is 0 Å². The Kier molecular flexibility index (Phi) is 3.25. The fraction of sp³-hybridized carbons (Fsp3) is 0.375. The second kappa shape index (κ2) is 4.07. The third-order valence-corrected chi connectivity index (χ3v) is 3.13. The average molecular weight is 308 g/mol. The molecule has 0 fully saturated rings. The predicted molar refractivity (Wildman–Crippen MR) is 58.3 cm³/mol. The first-order valence-electron chi connectivity index (χ1n) is 3.91. The second-order valence-corrected chi connectivity index (χ2v) is 3.95. The Hall–Kier alpha value is -0.920. The summed E-state index contributed by atoms with van der Waals surface area (Å²) in [4.78, 5) is 26.2. The van der Waals surface area contributed by atoms with Crippen molar-refractivity contribution < 1.29 is 9.90 Å². The molecule has 1 rings (SSSR count). The normalized spacial score (nSPS) is 12.5. The van der Waals surface area contributed by atoms with Gasteiger partial charge in [0.1, 0.15) is 6.04 Å². The van der Waals surface area contributed by atoms with Gasteiger partial charge < -0.3 is 5.11 Å². The minimum Gasteiger partial charge on any atom is -0.480 e. The molecule has 0 aliphatic heterocycles. The summed E-state index contributed by atoms with van der Waals surface area (Å²) in [5, 5.41) is 8.73. The van der Waals surface area contributed by atoms with Crippen LogP contribution in [-0.4, -0.2) is 20.6 Å². The number of rotatable bonds is 2. The van der Waals surface area contributed by atoms with Crippen molar-refractivity contribution in [3.05, 3.63) is 25.9 Å². The Morgan fingerprint density at radius 2 is 2.29 bits per heavy atom. The topological polar surface area (TPSA) is 72.2 Å². The van der Waals surface area contributed by atoms with Gasteiger partial charge in [0.2, 0.25) is 0 Å². The van der Waals surface area contributed by atoms with Crippen LogP contribution in [0.25, 0.3) is 0 Å². The van der Waals surface area contributed by atoms with E-state index in [2.05, 4.69) is 4.98 Å². The number of carboxylic acids is 1. The summed E-state index contributed by atoms with van der Waals surface area (Å²) in [6, 6.07) is -0.885. The fourth-order valence-electron chi connectivity index (χ4n) is 0.921. The zero-order valence-electron chi connectivity index (χ0n) is 7.69. The molecule has 0 spiro atoms. The molecule has 0 saturated heterocycles. The molecule has 0 radical (unpaired) electrons. The van der Waals surface area contributed by atoms with Gasteiger partial charge in [-0.25, -0.2) is 9.78 Å².